The number of anilines is 1. The van der Waals surface area contributed by atoms with Gasteiger partial charge in [-0.1, -0.05) is 38.8 Å². The fourth-order valence-corrected chi connectivity index (χ4v) is 2.99. The molecule has 3 nitrogen and oxygen atoms in total. The number of likely N-dealkylation sites (N-methyl/N-ethyl adjacent to an activating group) is 1. The summed E-state index contributed by atoms with van der Waals surface area (Å²) in [5.74, 6) is 1.57. The zero-order chi connectivity index (χ0) is 14.5. The first kappa shape index (κ1) is 14.9. The molecule has 1 aromatic rings. The number of carbonyl (C=O) groups is 1. The first-order valence-corrected chi connectivity index (χ1v) is 7.66. The molecule has 2 rings (SSSR count). The van der Waals surface area contributed by atoms with Crippen molar-refractivity contribution in [1.82, 2.24) is 5.32 Å². The summed E-state index contributed by atoms with van der Waals surface area (Å²) in [4.78, 5) is 11.3. The molecule has 1 amide bonds. The van der Waals surface area contributed by atoms with Crippen molar-refractivity contribution in [3.8, 4) is 0 Å². The lowest BCUT2D eigenvalue weighted by atomic mass is 9.78. The van der Waals surface area contributed by atoms with E-state index in [0.717, 1.165) is 17.2 Å². The van der Waals surface area contributed by atoms with E-state index in [9.17, 15) is 4.79 Å². The first-order valence-electron chi connectivity index (χ1n) is 7.66. The van der Waals surface area contributed by atoms with Gasteiger partial charge < -0.3 is 10.6 Å². The molecule has 20 heavy (non-hydrogen) atoms. The highest BCUT2D eigenvalue weighted by molar-refractivity contribution is 5.78. The molecule has 1 saturated carbocycles. The Bertz CT molecular complexity index is 441. The minimum atomic E-state index is 0.0560. The van der Waals surface area contributed by atoms with E-state index in [0.29, 0.717) is 18.4 Å². The number of hydrogen-bond donors (Lipinski definition) is 2. The molecule has 0 spiro atoms. The minimum Gasteiger partial charge on any atom is -0.382 e. The van der Waals surface area contributed by atoms with Gasteiger partial charge in [0, 0.05) is 18.8 Å². The molecule has 3 unspecified atom stereocenters. The van der Waals surface area contributed by atoms with E-state index in [2.05, 4.69) is 36.6 Å². The van der Waals surface area contributed by atoms with E-state index in [1.165, 1.54) is 19.3 Å². The topological polar surface area (TPSA) is 41.1 Å². The largest absolute Gasteiger partial charge is 0.382 e. The van der Waals surface area contributed by atoms with Crippen LogP contribution in [0.5, 0.6) is 0 Å². The van der Waals surface area contributed by atoms with Crippen LogP contribution in [-0.4, -0.2) is 19.0 Å². The molecule has 0 saturated heterocycles. The molecule has 1 aliphatic carbocycles. The zero-order valence-electron chi connectivity index (χ0n) is 12.8. The third-order valence-corrected chi connectivity index (χ3v) is 4.66. The molecule has 0 aliphatic heterocycles. The van der Waals surface area contributed by atoms with E-state index in [1.807, 2.05) is 12.1 Å². The van der Waals surface area contributed by atoms with Crippen LogP contribution in [0.4, 0.5) is 5.69 Å². The van der Waals surface area contributed by atoms with Gasteiger partial charge in [0.1, 0.15) is 0 Å². The standard InChI is InChI=1S/C17H26N2O/c1-12-5-4-6-16(13(12)2)19-15-9-7-14(8-10-15)11-17(20)18-3/h7-10,12-13,16,19H,4-6,11H2,1-3H3,(H,18,20). The average molecular weight is 274 g/mol. The quantitative estimate of drug-likeness (QED) is 0.885. The van der Waals surface area contributed by atoms with Gasteiger partial charge >= 0.3 is 0 Å². The van der Waals surface area contributed by atoms with Gasteiger partial charge in [0.05, 0.1) is 6.42 Å². The van der Waals surface area contributed by atoms with Crippen molar-refractivity contribution in [2.24, 2.45) is 11.8 Å². The summed E-state index contributed by atoms with van der Waals surface area (Å²) in [5, 5.41) is 6.30. The fraction of sp³-hybridized carbons (Fsp3) is 0.588. The predicted molar refractivity (Wildman–Crippen MR) is 83.8 cm³/mol. The van der Waals surface area contributed by atoms with Crippen LogP contribution in [0, 0.1) is 11.8 Å². The van der Waals surface area contributed by atoms with Gasteiger partial charge in [0.2, 0.25) is 5.91 Å². The molecule has 0 aromatic heterocycles. The van der Waals surface area contributed by atoms with Crippen LogP contribution in [0.15, 0.2) is 24.3 Å². The molecule has 2 N–H and O–H groups in total. The van der Waals surface area contributed by atoms with Crippen LogP contribution < -0.4 is 10.6 Å². The lowest BCUT2D eigenvalue weighted by Crippen LogP contribution is -2.34. The first-order chi connectivity index (χ1) is 9.60. The molecule has 0 radical (unpaired) electrons. The SMILES string of the molecule is CNC(=O)Cc1ccc(NC2CCCC(C)C2C)cc1. The summed E-state index contributed by atoms with van der Waals surface area (Å²) in [7, 11) is 1.67. The van der Waals surface area contributed by atoms with Crippen LogP contribution in [0.3, 0.4) is 0 Å². The maximum atomic E-state index is 11.3. The Morgan fingerprint density at radius 1 is 1.20 bits per heavy atom. The number of carbonyl (C=O) groups excluding carboxylic acids is 1. The molecule has 1 fully saturated rings. The summed E-state index contributed by atoms with van der Waals surface area (Å²) in [6, 6.07) is 8.82. The highest BCUT2D eigenvalue weighted by atomic mass is 16.1. The van der Waals surface area contributed by atoms with E-state index in [1.54, 1.807) is 7.05 Å². The van der Waals surface area contributed by atoms with Crippen molar-refractivity contribution in [3.63, 3.8) is 0 Å². The summed E-state index contributed by atoms with van der Waals surface area (Å²) in [5.41, 5.74) is 2.22. The van der Waals surface area contributed by atoms with Gasteiger partial charge in [-0.05, 0) is 36.0 Å². The Labute approximate surface area is 122 Å². The van der Waals surface area contributed by atoms with Crippen molar-refractivity contribution in [2.45, 2.75) is 45.6 Å². The number of rotatable bonds is 4. The Kier molecular flexibility index (Phi) is 5.05. The molecule has 1 aromatic carbocycles. The lowest BCUT2D eigenvalue weighted by molar-refractivity contribution is -0.119. The molecule has 3 heteroatoms. The summed E-state index contributed by atoms with van der Waals surface area (Å²) < 4.78 is 0. The second-order valence-corrected chi connectivity index (χ2v) is 6.07. The van der Waals surface area contributed by atoms with Gasteiger partial charge in [-0.15, -0.1) is 0 Å². The maximum Gasteiger partial charge on any atom is 0.224 e. The Balaban J connectivity index is 1.94. The predicted octanol–water partition coefficient (Wildman–Crippen LogP) is 3.21. The summed E-state index contributed by atoms with van der Waals surface area (Å²) in [6.45, 7) is 4.70. The zero-order valence-corrected chi connectivity index (χ0v) is 12.8. The maximum absolute atomic E-state index is 11.3. The van der Waals surface area contributed by atoms with Gasteiger partial charge in [0.15, 0.2) is 0 Å². The van der Waals surface area contributed by atoms with Crippen molar-refractivity contribution in [1.29, 1.82) is 0 Å². The Morgan fingerprint density at radius 3 is 2.55 bits per heavy atom. The van der Waals surface area contributed by atoms with Crippen LogP contribution >= 0.6 is 0 Å². The minimum absolute atomic E-state index is 0.0560. The van der Waals surface area contributed by atoms with Gasteiger partial charge in [-0.25, -0.2) is 0 Å². The third-order valence-electron chi connectivity index (χ3n) is 4.66. The van der Waals surface area contributed by atoms with E-state index in [4.69, 9.17) is 0 Å². The number of amides is 1. The Morgan fingerprint density at radius 2 is 1.90 bits per heavy atom. The van der Waals surface area contributed by atoms with Crippen LogP contribution in [-0.2, 0) is 11.2 Å². The monoisotopic (exact) mass is 274 g/mol. The molecular weight excluding hydrogens is 248 g/mol. The summed E-state index contributed by atoms with van der Waals surface area (Å²) in [6.07, 6.45) is 4.38. The molecule has 1 aliphatic rings. The van der Waals surface area contributed by atoms with Crippen LogP contribution in [0.1, 0.15) is 38.7 Å². The van der Waals surface area contributed by atoms with E-state index < -0.39 is 0 Å². The van der Waals surface area contributed by atoms with Crippen LogP contribution in [0.2, 0.25) is 0 Å². The average Bonchev–Trinajstić information content (AvgIpc) is 2.46. The smallest absolute Gasteiger partial charge is 0.224 e. The van der Waals surface area contributed by atoms with Gasteiger partial charge in [0.25, 0.3) is 0 Å². The Hall–Kier alpha value is -1.51. The molecule has 110 valence electrons. The third kappa shape index (κ3) is 3.75. The van der Waals surface area contributed by atoms with Gasteiger partial charge in [-0.2, -0.15) is 0 Å². The lowest BCUT2D eigenvalue weighted by Gasteiger charge is -2.35. The van der Waals surface area contributed by atoms with Gasteiger partial charge in [-0.3, -0.25) is 4.79 Å². The van der Waals surface area contributed by atoms with Crippen molar-refractivity contribution in [3.05, 3.63) is 29.8 Å². The second-order valence-electron chi connectivity index (χ2n) is 6.07. The van der Waals surface area contributed by atoms with E-state index >= 15 is 0 Å². The second kappa shape index (κ2) is 6.78. The number of nitrogens with one attached hydrogen (secondary N) is 2. The molecule has 0 heterocycles. The molecule has 0 bridgehead atoms. The number of hydrogen-bond acceptors (Lipinski definition) is 2. The fourth-order valence-electron chi connectivity index (χ4n) is 2.99. The van der Waals surface area contributed by atoms with Crippen molar-refractivity contribution < 1.29 is 4.79 Å². The number of benzene rings is 1. The molecule has 3 atom stereocenters. The van der Waals surface area contributed by atoms with E-state index in [-0.39, 0.29) is 5.91 Å². The highest BCUT2D eigenvalue weighted by Crippen LogP contribution is 2.31. The van der Waals surface area contributed by atoms with Crippen LogP contribution in [0.25, 0.3) is 0 Å². The van der Waals surface area contributed by atoms with Crippen molar-refractivity contribution >= 4 is 11.6 Å². The highest BCUT2D eigenvalue weighted by Gasteiger charge is 2.26. The summed E-state index contributed by atoms with van der Waals surface area (Å²) >= 11 is 0. The normalized spacial score (nSPS) is 26.1. The molecular formula is C17H26N2O. The van der Waals surface area contributed by atoms with Crippen molar-refractivity contribution in [2.75, 3.05) is 12.4 Å².